The molecular formula is C13H18O2. The molecule has 1 aromatic rings. The summed E-state index contributed by atoms with van der Waals surface area (Å²) in [5, 5.41) is 9.38. The Labute approximate surface area is 91.2 Å². The zero-order valence-corrected chi connectivity index (χ0v) is 9.10. The van der Waals surface area contributed by atoms with Gasteiger partial charge < -0.3 is 9.84 Å². The number of allylic oxidation sites excluding steroid dienone is 1. The number of benzene rings is 1. The van der Waals surface area contributed by atoms with Crippen molar-refractivity contribution in [2.45, 2.75) is 26.1 Å². The molecule has 0 amide bonds. The van der Waals surface area contributed by atoms with Crippen LogP contribution in [0.3, 0.4) is 0 Å². The molecule has 0 saturated carbocycles. The summed E-state index contributed by atoms with van der Waals surface area (Å²) >= 11 is 0. The average molecular weight is 206 g/mol. The van der Waals surface area contributed by atoms with E-state index in [1.165, 1.54) is 0 Å². The van der Waals surface area contributed by atoms with Gasteiger partial charge in [0.1, 0.15) is 0 Å². The molecule has 1 unspecified atom stereocenters. The van der Waals surface area contributed by atoms with Crippen LogP contribution in [0.5, 0.6) is 0 Å². The molecule has 1 N–H and O–H groups in total. The van der Waals surface area contributed by atoms with Crippen molar-refractivity contribution in [1.82, 2.24) is 0 Å². The highest BCUT2D eigenvalue weighted by molar-refractivity contribution is 5.13. The predicted octanol–water partition coefficient (Wildman–Crippen LogP) is 2.53. The number of hydrogen-bond acceptors (Lipinski definition) is 2. The molecule has 0 spiro atoms. The van der Waals surface area contributed by atoms with Crippen molar-refractivity contribution in [1.29, 1.82) is 0 Å². The maximum atomic E-state index is 9.38. The lowest BCUT2D eigenvalue weighted by Gasteiger charge is -2.06. The van der Waals surface area contributed by atoms with E-state index in [2.05, 4.69) is 0 Å². The highest BCUT2D eigenvalue weighted by Crippen LogP contribution is 2.02. The highest BCUT2D eigenvalue weighted by Gasteiger charge is 1.98. The maximum absolute atomic E-state index is 9.38. The van der Waals surface area contributed by atoms with Crippen molar-refractivity contribution in [3.05, 3.63) is 48.0 Å². The molecule has 0 bridgehead atoms. The molecule has 1 aromatic carbocycles. The van der Waals surface area contributed by atoms with E-state index in [9.17, 15) is 5.11 Å². The van der Waals surface area contributed by atoms with E-state index in [1.807, 2.05) is 43.3 Å². The van der Waals surface area contributed by atoms with Gasteiger partial charge in [0, 0.05) is 13.0 Å². The van der Waals surface area contributed by atoms with Gasteiger partial charge in [-0.3, -0.25) is 0 Å². The first-order valence-electron chi connectivity index (χ1n) is 5.25. The Morgan fingerprint density at radius 1 is 1.33 bits per heavy atom. The summed E-state index contributed by atoms with van der Waals surface area (Å²) < 4.78 is 5.44. The van der Waals surface area contributed by atoms with E-state index in [0.29, 0.717) is 19.6 Å². The summed E-state index contributed by atoms with van der Waals surface area (Å²) in [5.74, 6) is 0. The summed E-state index contributed by atoms with van der Waals surface area (Å²) in [6.45, 7) is 3.10. The maximum Gasteiger partial charge on any atom is 0.0742 e. The first kappa shape index (κ1) is 12.0. The molecule has 82 valence electrons. The molecule has 0 saturated heterocycles. The van der Waals surface area contributed by atoms with E-state index in [-0.39, 0.29) is 6.10 Å². The number of ether oxygens (including phenoxy) is 1. The lowest BCUT2D eigenvalue weighted by Crippen LogP contribution is -2.07. The van der Waals surface area contributed by atoms with Crippen molar-refractivity contribution in [3.8, 4) is 0 Å². The van der Waals surface area contributed by atoms with Gasteiger partial charge >= 0.3 is 0 Å². The summed E-state index contributed by atoms with van der Waals surface area (Å²) in [6.07, 6.45) is 3.89. The third-order valence-corrected chi connectivity index (χ3v) is 2.08. The number of aliphatic hydroxyl groups excluding tert-OH is 1. The molecule has 1 rings (SSSR count). The molecule has 0 aliphatic heterocycles. The van der Waals surface area contributed by atoms with Crippen LogP contribution in [0.15, 0.2) is 42.5 Å². The molecule has 0 aliphatic carbocycles. The molecule has 1 atom stereocenters. The average Bonchev–Trinajstić information content (AvgIpc) is 2.26. The molecule has 15 heavy (non-hydrogen) atoms. The quantitative estimate of drug-likeness (QED) is 0.572. The topological polar surface area (TPSA) is 29.5 Å². The Balaban J connectivity index is 2.12. The minimum atomic E-state index is -0.384. The van der Waals surface area contributed by atoms with Crippen LogP contribution in [-0.2, 0) is 11.3 Å². The minimum Gasteiger partial charge on any atom is -0.389 e. The van der Waals surface area contributed by atoms with Gasteiger partial charge in [-0.15, -0.1) is 0 Å². The van der Waals surface area contributed by atoms with Crippen molar-refractivity contribution < 1.29 is 9.84 Å². The molecule has 0 fully saturated rings. The van der Waals surface area contributed by atoms with Gasteiger partial charge in [0.2, 0.25) is 0 Å². The van der Waals surface area contributed by atoms with Crippen LogP contribution in [0.2, 0.25) is 0 Å². The van der Waals surface area contributed by atoms with Gasteiger partial charge in [-0.1, -0.05) is 42.5 Å². The van der Waals surface area contributed by atoms with Crippen molar-refractivity contribution in [2.75, 3.05) is 6.61 Å². The minimum absolute atomic E-state index is 0.384. The van der Waals surface area contributed by atoms with Gasteiger partial charge in [-0.05, 0) is 12.5 Å². The first-order chi connectivity index (χ1) is 7.33. The van der Waals surface area contributed by atoms with Gasteiger partial charge in [0.15, 0.2) is 0 Å². The largest absolute Gasteiger partial charge is 0.389 e. The predicted molar refractivity (Wildman–Crippen MR) is 61.5 cm³/mol. The Bertz CT molecular complexity index is 280. The van der Waals surface area contributed by atoms with Crippen molar-refractivity contribution in [3.63, 3.8) is 0 Å². The molecule has 0 aliphatic rings. The summed E-state index contributed by atoms with van der Waals surface area (Å²) in [4.78, 5) is 0. The highest BCUT2D eigenvalue weighted by atomic mass is 16.5. The zero-order chi connectivity index (χ0) is 10.9. The van der Waals surface area contributed by atoms with Gasteiger partial charge in [0.25, 0.3) is 0 Å². The molecule has 0 heterocycles. The van der Waals surface area contributed by atoms with E-state index in [4.69, 9.17) is 4.74 Å². The summed E-state index contributed by atoms with van der Waals surface area (Å²) in [5.41, 5.74) is 1.16. The van der Waals surface area contributed by atoms with Crippen LogP contribution in [-0.4, -0.2) is 17.8 Å². The van der Waals surface area contributed by atoms with E-state index in [0.717, 1.165) is 5.56 Å². The van der Waals surface area contributed by atoms with Crippen LogP contribution >= 0.6 is 0 Å². The number of hydrogen-bond donors (Lipinski definition) is 1. The Kier molecular flexibility index (Phi) is 5.74. The van der Waals surface area contributed by atoms with Gasteiger partial charge in [-0.2, -0.15) is 0 Å². The standard InChI is InChI=1S/C13H18O2/c1-2-6-13(14)9-10-15-11-12-7-4-3-5-8-12/h2-8,13-14H,9-11H2,1H3/b6-2+. The Morgan fingerprint density at radius 2 is 2.07 bits per heavy atom. The second kappa shape index (κ2) is 7.21. The van der Waals surface area contributed by atoms with Crippen LogP contribution in [0, 0.1) is 0 Å². The number of aliphatic hydroxyl groups is 1. The van der Waals surface area contributed by atoms with Crippen LogP contribution in [0.1, 0.15) is 18.9 Å². The van der Waals surface area contributed by atoms with Crippen molar-refractivity contribution in [2.24, 2.45) is 0 Å². The Hall–Kier alpha value is -1.12. The fourth-order valence-corrected chi connectivity index (χ4v) is 1.29. The zero-order valence-electron chi connectivity index (χ0n) is 9.10. The smallest absolute Gasteiger partial charge is 0.0742 e. The SMILES string of the molecule is C/C=C/C(O)CCOCc1ccccc1. The summed E-state index contributed by atoms with van der Waals surface area (Å²) in [7, 11) is 0. The monoisotopic (exact) mass is 206 g/mol. The lowest BCUT2D eigenvalue weighted by molar-refractivity contribution is 0.0883. The third kappa shape index (κ3) is 5.35. The molecule has 2 heteroatoms. The van der Waals surface area contributed by atoms with E-state index < -0.39 is 0 Å². The third-order valence-electron chi connectivity index (χ3n) is 2.08. The number of rotatable bonds is 6. The van der Waals surface area contributed by atoms with Crippen LogP contribution in [0.4, 0.5) is 0 Å². The molecular weight excluding hydrogens is 188 g/mol. The lowest BCUT2D eigenvalue weighted by atomic mass is 10.2. The van der Waals surface area contributed by atoms with Gasteiger partial charge in [-0.25, -0.2) is 0 Å². The normalized spacial score (nSPS) is 13.2. The first-order valence-corrected chi connectivity index (χ1v) is 5.25. The van der Waals surface area contributed by atoms with Crippen LogP contribution < -0.4 is 0 Å². The van der Waals surface area contributed by atoms with Crippen LogP contribution in [0.25, 0.3) is 0 Å². The fourth-order valence-electron chi connectivity index (χ4n) is 1.29. The van der Waals surface area contributed by atoms with E-state index >= 15 is 0 Å². The molecule has 0 radical (unpaired) electrons. The molecule has 0 aromatic heterocycles. The Morgan fingerprint density at radius 3 is 2.73 bits per heavy atom. The molecule has 2 nitrogen and oxygen atoms in total. The second-order valence-electron chi connectivity index (χ2n) is 3.42. The van der Waals surface area contributed by atoms with Crippen molar-refractivity contribution >= 4 is 0 Å². The summed E-state index contributed by atoms with van der Waals surface area (Å²) in [6, 6.07) is 10.0. The second-order valence-corrected chi connectivity index (χ2v) is 3.42. The van der Waals surface area contributed by atoms with Gasteiger partial charge in [0.05, 0.1) is 12.7 Å². The fraction of sp³-hybridized carbons (Fsp3) is 0.385. The van der Waals surface area contributed by atoms with E-state index in [1.54, 1.807) is 6.08 Å².